The monoisotopic (exact) mass is 482 g/mol. The second-order valence-electron chi connectivity index (χ2n) is 8.39. The van der Waals surface area contributed by atoms with E-state index < -0.39 is 11.6 Å². The predicted molar refractivity (Wildman–Crippen MR) is 127 cm³/mol. The molecule has 9 nitrogen and oxygen atoms in total. The largest absolute Gasteiger partial charge is 0.457 e. The lowest BCUT2D eigenvalue weighted by Crippen LogP contribution is -2.27. The summed E-state index contributed by atoms with van der Waals surface area (Å²) in [6.45, 7) is 7.27. The van der Waals surface area contributed by atoms with Crippen molar-refractivity contribution in [3.63, 3.8) is 0 Å². The molecular weight excluding hydrogens is 456 g/mol. The average Bonchev–Trinajstić information content (AvgIpc) is 3.33. The van der Waals surface area contributed by atoms with Gasteiger partial charge >= 0.3 is 11.6 Å². The highest BCUT2D eigenvalue weighted by Crippen LogP contribution is 2.36. The Hall–Kier alpha value is -3.79. The number of ether oxygens (including phenoxy) is 1. The lowest BCUT2D eigenvalue weighted by molar-refractivity contribution is 0.0759. The van der Waals surface area contributed by atoms with Crippen molar-refractivity contribution in [2.24, 2.45) is 13.0 Å². The molecule has 3 aromatic rings. The molecule has 1 aliphatic heterocycles. The molecule has 10 heteroatoms. The van der Waals surface area contributed by atoms with Crippen molar-refractivity contribution in [2.75, 3.05) is 11.9 Å². The summed E-state index contributed by atoms with van der Waals surface area (Å²) >= 11 is -0.750. The molecule has 0 spiro atoms. The lowest BCUT2D eigenvalue weighted by atomic mass is 10.0. The number of hydrogen-bond acceptors (Lipinski definition) is 6. The van der Waals surface area contributed by atoms with E-state index in [1.807, 2.05) is 31.2 Å². The number of anilines is 1. The maximum atomic E-state index is 13.0. The van der Waals surface area contributed by atoms with Gasteiger partial charge < -0.3 is 15.0 Å². The van der Waals surface area contributed by atoms with Gasteiger partial charge in [0, 0.05) is 42.5 Å². The summed E-state index contributed by atoms with van der Waals surface area (Å²) in [6, 6.07) is 12.7. The molecule has 0 atom stereocenters. The molecule has 0 saturated heterocycles. The lowest BCUT2D eigenvalue weighted by Gasteiger charge is -2.18. The van der Waals surface area contributed by atoms with Crippen LogP contribution in [0, 0.1) is 12.8 Å². The summed E-state index contributed by atoms with van der Waals surface area (Å²) in [4.78, 5) is 27.7. The molecule has 2 amide bonds. The highest BCUT2D eigenvalue weighted by molar-refractivity contribution is 7.51. The maximum absolute atomic E-state index is 13.0. The summed E-state index contributed by atoms with van der Waals surface area (Å²) in [5, 5.41) is 6.96. The molecule has 0 unspecified atom stereocenters. The fourth-order valence-corrected chi connectivity index (χ4v) is 3.65. The van der Waals surface area contributed by atoms with Gasteiger partial charge in [0.2, 0.25) is 0 Å². The minimum Gasteiger partial charge on any atom is -0.457 e. The Labute approximate surface area is 201 Å². The fraction of sp³-hybridized carbons (Fsp3) is 0.292. The van der Waals surface area contributed by atoms with Gasteiger partial charge in [-0.2, -0.15) is 13.5 Å². The molecule has 1 aliphatic rings. The molecular formula is C24H26N4O5S. The molecule has 0 bridgehead atoms. The SMILES string of the molecule is Cc1ccc(Oc2cc(C(=O)Nc3ccn(C)n3)cc3c2CN(CC(C)C)C3=O)cc1.O=S=O. The number of nitrogens with one attached hydrogen (secondary N) is 1. The van der Waals surface area contributed by atoms with Crippen LogP contribution in [0.4, 0.5) is 5.82 Å². The van der Waals surface area contributed by atoms with E-state index in [2.05, 4.69) is 24.3 Å². The second kappa shape index (κ2) is 10.9. The highest BCUT2D eigenvalue weighted by atomic mass is 32.1. The normalized spacial score (nSPS) is 12.1. The van der Waals surface area contributed by atoms with Crippen molar-refractivity contribution in [1.82, 2.24) is 14.7 Å². The molecule has 34 heavy (non-hydrogen) atoms. The zero-order valence-electron chi connectivity index (χ0n) is 19.4. The molecule has 2 heterocycles. The Morgan fingerprint density at radius 2 is 1.85 bits per heavy atom. The predicted octanol–water partition coefficient (Wildman–Crippen LogP) is 3.71. The number of carbonyl (C=O) groups excluding carboxylic acids is 2. The first-order chi connectivity index (χ1) is 16.2. The summed E-state index contributed by atoms with van der Waals surface area (Å²) < 4.78 is 24.3. The number of nitrogens with zero attached hydrogens (tertiary/aromatic N) is 3. The van der Waals surface area contributed by atoms with Gasteiger partial charge in [0.15, 0.2) is 5.82 Å². The highest BCUT2D eigenvalue weighted by Gasteiger charge is 2.32. The minimum atomic E-state index is -0.750. The van der Waals surface area contributed by atoms with E-state index in [1.165, 1.54) is 0 Å². The van der Waals surface area contributed by atoms with E-state index in [1.54, 1.807) is 41.0 Å². The number of aromatic nitrogens is 2. The summed E-state index contributed by atoms with van der Waals surface area (Å²) in [7, 11) is 1.78. The van der Waals surface area contributed by atoms with E-state index in [4.69, 9.17) is 13.2 Å². The van der Waals surface area contributed by atoms with Gasteiger partial charge in [-0.1, -0.05) is 31.5 Å². The van der Waals surface area contributed by atoms with Crippen LogP contribution in [-0.2, 0) is 25.2 Å². The van der Waals surface area contributed by atoms with E-state index >= 15 is 0 Å². The summed E-state index contributed by atoms with van der Waals surface area (Å²) in [5.74, 6) is 1.54. The number of carbonyl (C=O) groups is 2. The molecule has 0 fully saturated rings. The van der Waals surface area contributed by atoms with Crippen molar-refractivity contribution < 1.29 is 22.7 Å². The smallest absolute Gasteiger partial charge is 0.335 e. The number of hydrogen-bond donors (Lipinski definition) is 1. The summed E-state index contributed by atoms with van der Waals surface area (Å²) in [6.07, 6.45) is 1.75. The Morgan fingerprint density at radius 1 is 1.18 bits per heavy atom. The van der Waals surface area contributed by atoms with Crippen molar-refractivity contribution >= 4 is 29.2 Å². The average molecular weight is 483 g/mol. The third-order valence-corrected chi connectivity index (χ3v) is 5.13. The Kier molecular flexibility index (Phi) is 7.95. The van der Waals surface area contributed by atoms with Gasteiger partial charge in [-0.3, -0.25) is 14.3 Å². The van der Waals surface area contributed by atoms with Gasteiger partial charge in [0.25, 0.3) is 11.8 Å². The van der Waals surface area contributed by atoms with Crippen molar-refractivity contribution in [2.45, 2.75) is 27.3 Å². The van der Waals surface area contributed by atoms with E-state index in [0.29, 0.717) is 47.5 Å². The van der Waals surface area contributed by atoms with Gasteiger partial charge in [-0.05, 0) is 37.1 Å². The third-order valence-electron chi connectivity index (χ3n) is 5.13. The fourth-order valence-electron chi connectivity index (χ4n) is 3.65. The quantitative estimate of drug-likeness (QED) is 0.573. The van der Waals surface area contributed by atoms with Crippen LogP contribution < -0.4 is 10.1 Å². The van der Waals surface area contributed by atoms with Crippen LogP contribution in [0.1, 0.15) is 45.7 Å². The Balaban J connectivity index is 0.00000103. The molecule has 1 N–H and O–H groups in total. The number of amides is 2. The van der Waals surface area contributed by atoms with E-state index in [-0.39, 0.29) is 11.8 Å². The van der Waals surface area contributed by atoms with Crippen LogP contribution in [0.2, 0.25) is 0 Å². The molecule has 0 saturated carbocycles. The first kappa shape index (κ1) is 24.8. The number of aryl methyl sites for hydroxylation is 2. The van der Waals surface area contributed by atoms with Gasteiger partial charge in [-0.25, -0.2) is 0 Å². The first-order valence-corrected chi connectivity index (χ1v) is 11.3. The van der Waals surface area contributed by atoms with Crippen LogP contribution >= 0.6 is 0 Å². The molecule has 2 aromatic carbocycles. The number of benzene rings is 2. The first-order valence-electron chi connectivity index (χ1n) is 10.6. The summed E-state index contributed by atoms with van der Waals surface area (Å²) in [5.41, 5.74) is 2.79. The minimum absolute atomic E-state index is 0.0788. The molecule has 178 valence electrons. The topological polar surface area (TPSA) is 111 Å². The zero-order chi connectivity index (χ0) is 24.8. The van der Waals surface area contributed by atoms with Crippen LogP contribution in [0.15, 0.2) is 48.7 Å². The molecule has 1 aromatic heterocycles. The maximum Gasteiger partial charge on any atom is 0.335 e. The standard InChI is InChI=1S/C24H26N4O3.O2S/c1-15(2)13-28-14-20-19(24(28)30)11-17(23(29)25-22-9-10-27(4)26-22)12-21(20)31-18-7-5-16(3)6-8-18;1-3-2/h5-12,15H,13-14H2,1-4H3,(H,25,26,29);. The van der Waals surface area contributed by atoms with E-state index in [9.17, 15) is 9.59 Å². The van der Waals surface area contributed by atoms with Gasteiger partial charge in [0.05, 0.1) is 6.54 Å². The van der Waals surface area contributed by atoms with Crippen LogP contribution in [-0.4, -0.2) is 41.5 Å². The molecule has 0 aliphatic carbocycles. The third kappa shape index (κ3) is 5.96. The number of rotatable bonds is 6. The van der Waals surface area contributed by atoms with Gasteiger partial charge in [0.1, 0.15) is 11.5 Å². The van der Waals surface area contributed by atoms with Crippen LogP contribution in [0.25, 0.3) is 0 Å². The molecule has 0 radical (unpaired) electrons. The van der Waals surface area contributed by atoms with Crippen molar-refractivity contribution in [1.29, 1.82) is 0 Å². The Bertz CT molecular complexity index is 1230. The van der Waals surface area contributed by atoms with E-state index in [0.717, 1.165) is 11.1 Å². The number of fused-ring (bicyclic) bond motifs is 1. The van der Waals surface area contributed by atoms with Crippen LogP contribution in [0.5, 0.6) is 11.5 Å². The van der Waals surface area contributed by atoms with Crippen molar-refractivity contribution in [3.8, 4) is 11.5 Å². The zero-order valence-corrected chi connectivity index (χ0v) is 20.2. The van der Waals surface area contributed by atoms with Crippen LogP contribution in [0.3, 0.4) is 0 Å². The molecule has 4 rings (SSSR count). The van der Waals surface area contributed by atoms with Gasteiger partial charge in [-0.15, -0.1) is 0 Å². The Morgan fingerprint density at radius 3 is 2.44 bits per heavy atom. The van der Waals surface area contributed by atoms with Crippen molar-refractivity contribution in [3.05, 3.63) is 70.9 Å². The second-order valence-corrected chi connectivity index (χ2v) is 8.53.